The van der Waals surface area contributed by atoms with Crippen LogP contribution in [0.5, 0.6) is 17.2 Å². The lowest BCUT2D eigenvalue weighted by molar-refractivity contribution is -0.148. The number of amides is 1. The zero-order chi connectivity index (χ0) is 21.4. The number of nitrogens with zero attached hydrogens (tertiary/aromatic N) is 2. The number of hydrogen-bond acceptors (Lipinski definition) is 7. The topological polar surface area (TPSA) is 101 Å². The third kappa shape index (κ3) is 6.13. The van der Waals surface area contributed by atoms with Gasteiger partial charge in [-0.2, -0.15) is 5.10 Å². The number of nitrogens with one attached hydrogen (secondary N) is 1. The maximum Gasteiger partial charge on any atom is 0.308 e. The summed E-state index contributed by atoms with van der Waals surface area (Å²) in [6.07, 6.45) is 0.138. The number of ether oxygens (including phenoxy) is 4. The van der Waals surface area contributed by atoms with Gasteiger partial charge in [-0.25, -0.2) is 0 Å². The molecule has 1 amide bonds. The van der Waals surface area contributed by atoms with Crippen molar-refractivity contribution in [3.05, 3.63) is 35.2 Å². The normalized spacial score (nSPS) is 10.4. The third-order valence-electron chi connectivity index (χ3n) is 4.26. The average Bonchev–Trinajstić information content (AvgIpc) is 3.05. The van der Waals surface area contributed by atoms with Crippen LogP contribution in [-0.2, 0) is 27.4 Å². The number of esters is 1. The highest BCUT2D eigenvalue weighted by molar-refractivity contribution is 5.80. The van der Waals surface area contributed by atoms with Crippen molar-refractivity contribution in [3.8, 4) is 17.2 Å². The molecule has 0 aliphatic heterocycles. The lowest BCUT2D eigenvalue weighted by Gasteiger charge is -2.14. The van der Waals surface area contributed by atoms with Gasteiger partial charge in [0.1, 0.15) is 5.75 Å². The van der Waals surface area contributed by atoms with E-state index in [1.165, 1.54) is 21.3 Å². The highest BCUT2D eigenvalue weighted by atomic mass is 16.5. The summed E-state index contributed by atoms with van der Waals surface area (Å²) in [7, 11) is 4.58. The molecule has 0 saturated heterocycles. The summed E-state index contributed by atoms with van der Waals surface area (Å²) < 4.78 is 22.6. The van der Waals surface area contributed by atoms with Crippen molar-refractivity contribution in [1.82, 2.24) is 15.1 Å². The van der Waals surface area contributed by atoms with Gasteiger partial charge in [0, 0.05) is 23.9 Å². The first-order valence-corrected chi connectivity index (χ1v) is 9.10. The molecule has 0 unspecified atom stereocenters. The molecule has 29 heavy (non-hydrogen) atoms. The first-order chi connectivity index (χ1) is 13.9. The van der Waals surface area contributed by atoms with E-state index in [2.05, 4.69) is 10.4 Å². The van der Waals surface area contributed by atoms with Crippen LogP contribution in [0.15, 0.2) is 18.2 Å². The van der Waals surface area contributed by atoms with Crippen molar-refractivity contribution in [2.45, 2.75) is 33.4 Å². The van der Waals surface area contributed by atoms with Crippen molar-refractivity contribution >= 4 is 11.9 Å². The standard InChI is InChI=1S/C20H27N3O6/c1-13-8-14(2)23(22-13)7-6-20(25)29-12-19(24)21-11-15-9-17(27-4)18(28-5)10-16(15)26-3/h8-10H,6-7,11-12H2,1-5H3,(H,21,24). The number of methoxy groups -OCH3 is 3. The largest absolute Gasteiger partial charge is 0.496 e. The number of benzene rings is 1. The van der Waals surface area contributed by atoms with Crippen LogP contribution in [0, 0.1) is 13.8 Å². The summed E-state index contributed by atoms with van der Waals surface area (Å²) in [4.78, 5) is 23.9. The Balaban J connectivity index is 1.82. The maximum absolute atomic E-state index is 12.0. The third-order valence-corrected chi connectivity index (χ3v) is 4.26. The van der Waals surface area contributed by atoms with Crippen LogP contribution in [0.25, 0.3) is 0 Å². The van der Waals surface area contributed by atoms with Gasteiger partial charge in [0.25, 0.3) is 5.91 Å². The second-order valence-electron chi connectivity index (χ2n) is 6.36. The first kappa shape index (κ1) is 22.1. The minimum atomic E-state index is -0.462. The van der Waals surface area contributed by atoms with Gasteiger partial charge in [0.2, 0.25) is 0 Å². The number of aryl methyl sites for hydroxylation is 3. The summed E-state index contributed by atoms with van der Waals surface area (Å²) in [5.41, 5.74) is 2.56. The van der Waals surface area contributed by atoms with Gasteiger partial charge < -0.3 is 24.3 Å². The highest BCUT2D eigenvalue weighted by Gasteiger charge is 2.14. The Kier molecular flexibility index (Phi) is 7.88. The van der Waals surface area contributed by atoms with Crippen LogP contribution in [0.1, 0.15) is 23.4 Å². The Hall–Kier alpha value is -3.23. The second-order valence-corrected chi connectivity index (χ2v) is 6.36. The van der Waals surface area contributed by atoms with Crippen molar-refractivity contribution in [3.63, 3.8) is 0 Å². The molecular weight excluding hydrogens is 378 g/mol. The number of carbonyl (C=O) groups is 2. The average molecular weight is 405 g/mol. The van der Waals surface area contributed by atoms with Crippen LogP contribution in [0.2, 0.25) is 0 Å². The molecule has 1 aromatic heterocycles. The van der Waals surface area contributed by atoms with Gasteiger partial charge in [-0.1, -0.05) is 0 Å². The zero-order valence-corrected chi connectivity index (χ0v) is 17.4. The molecule has 0 aliphatic rings. The predicted molar refractivity (Wildman–Crippen MR) is 105 cm³/mol. The molecule has 2 aromatic rings. The molecule has 1 aromatic carbocycles. The van der Waals surface area contributed by atoms with Gasteiger partial charge >= 0.3 is 5.97 Å². The van der Waals surface area contributed by atoms with E-state index >= 15 is 0 Å². The van der Waals surface area contributed by atoms with Crippen LogP contribution in [0.4, 0.5) is 0 Å². The Labute approximate surface area is 169 Å². The smallest absolute Gasteiger partial charge is 0.308 e. The molecule has 0 bridgehead atoms. The summed E-state index contributed by atoms with van der Waals surface area (Å²) >= 11 is 0. The van der Waals surface area contributed by atoms with Gasteiger partial charge in [-0.15, -0.1) is 0 Å². The predicted octanol–water partition coefficient (Wildman–Crippen LogP) is 1.78. The molecule has 0 atom stereocenters. The van der Waals surface area contributed by atoms with Crippen LogP contribution in [0.3, 0.4) is 0 Å². The molecule has 0 saturated carbocycles. The Morgan fingerprint density at radius 3 is 2.24 bits per heavy atom. The molecule has 1 heterocycles. The molecule has 1 N–H and O–H groups in total. The fourth-order valence-electron chi connectivity index (χ4n) is 2.79. The number of aromatic nitrogens is 2. The first-order valence-electron chi connectivity index (χ1n) is 9.10. The van der Waals surface area contributed by atoms with E-state index in [0.717, 1.165) is 11.4 Å². The van der Waals surface area contributed by atoms with E-state index < -0.39 is 11.9 Å². The van der Waals surface area contributed by atoms with Crippen LogP contribution in [-0.4, -0.2) is 49.6 Å². The zero-order valence-electron chi connectivity index (χ0n) is 17.4. The SMILES string of the molecule is COc1cc(OC)c(OC)cc1CNC(=O)COC(=O)CCn1nc(C)cc1C. The summed E-state index contributed by atoms with van der Waals surface area (Å²) in [5.74, 6) is 0.714. The van der Waals surface area contributed by atoms with Gasteiger partial charge in [-0.05, 0) is 26.0 Å². The van der Waals surface area contributed by atoms with E-state index in [0.29, 0.717) is 29.4 Å². The van der Waals surface area contributed by atoms with Gasteiger partial charge in [0.05, 0.1) is 40.0 Å². The Morgan fingerprint density at radius 2 is 1.66 bits per heavy atom. The van der Waals surface area contributed by atoms with E-state index in [-0.39, 0.29) is 19.6 Å². The van der Waals surface area contributed by atoms with E-state index in [4.69, 9.17) is 18.9 Å². The van der Waals surface area contributed by atoms with Gasteiger partial charge in [0.15, 0.2) is 18.1 Å². The summed E-state index contributed by atoms with van der Waals surface area (Å²) in [6.45, 7) is 4.04. The molecule has 0 fully saturated rings. The lowest BCUT2D eigenvalue weighted by atomic mass is 10.1. The van der Waals surface area contributed by atoms with Gasteiger partial charge in [-0.3, -0.25) is 14.3 Å². The molecular formula is C20H27N3O6. The van der Waals surface area contributed by atoms with Crippen molar-refractivity contribution in [2.75, 3.05) is 27.9 Å². The fraction of sp³-hybridized carbons (Fsp3) is 0.450. The maximum atomic E-state index is 12.0. The Morgan fingerprint density at radius 1 is 1.00 bits per heavy atom. The molecule has 0 spiro atoms. The fourth-order valence-corrected chi connectivity index (χ4v) is 2.79. The number of hydrogen-bond donors (Lipinski definition) is 1. The minimum Gasteiger partial charge on any atom is -0.496 e. The number of rotatable bonds is 10. The lowest BCUT2D eigenvalue weighted by Crippen LogP contribution is -2.28. The van der Waals surface area contributed by atoms with E-state index in [9.17, 15) is 9.59 Å². The molecule has 0 radical (unpaired) electrons. The quantitative estimate of drug-likeness (QED) is 0.601. The molecule has 158 valence electrons. The second kappa shape index (κ2) is 10.4. The van der Waals surface area contributed by atoms with Crippen molar-refractivity contribution < 1.29 is 28.5 Å². The minimum absolute atomic E-state index is 0.138. The highest BCUT2D eigenvalue weighted by Crippen LogP contribution is 2.34. The van der Waals surface area contributed by atoms with E-state index in [1.807, 2.05) is 19.9 Å². The molecule has 9 nitrogen and oxygen atoms in total. The number of carbonyl (C=O) groups excluding carboxylic acids is 2. The summed E-state index contributed by atoms with van der Waals surface area (Å²) in [5, 5.41) is 6.98. The van der Waals surface area contributed by atoms with Crippen LogP contribution >= 0.6 is 0 Å². The van der Waals surface area contributed by atoms with Crippen molar-refractivity contribution in [1.29, 1.82) is 0 Å². The van der Waals surface area contributed by atoms with E-state index in [1.54, 1.807) is 16.8 Å². The molecule has 2 rings (SSSR count). The summed E-state index contributed by atoms with van der Waals surface area (Å²) in [6, 6.07) is 5.33. The molecule has 0 aliphatic carbocycles. The van der Waals surface area contributed by atoms with Crippen molar-refractivity contribution in [2.24, 2.45) is 0 Å². The monoisotopic (exact) mass is 405 g/mol. The molecule has 9 heteroatoms. The van der Waals surface area contributed by atoms with Crippen LogP contribution < -0.4 is 19.5 Å². The Bertz CT molecular complexity index is 862.